The zero-order valence-corrected chi connectivity index (χ0v) is 12.3. The molecule has 0 unspecified atom stereocenters. The molecule has 0 fully saturated rings. The van der Waals surface area contributed by atoms with Crippen LogP contribution in [0.2, 0.25) is 0 Å². The molecule has 0 saturated carbocycles. The highest BCUT2D eigenvalue weighted by Crippen LogP contribution is 2.24. The molecule has 3 nitrogen and oxygen atoms in total. The van der Waals surface area contributed by atoms with Gasteiger partial charge in [-0.2, -0.15) is 0 Å². The van der Waals surface area contributed by atoms with E-state index in [-0.39, 0.29) is 0 Å². The Hall–Kier alpha value is -1.90. The van der Waals surface area contributed by atoms with E-state index in [0.29, 0.717) is 0 Å². The first kappa shape index (κ1) is 13.5. The molecule has 2 rings (SSSR count). The van der Waals surface area contributed by atoms with E-state index in [0.717, 1.165) is 35.0 Å². The number of aromatic nitrogens is 2. The first-order valence-electron chi connectivity index (χ1n) is 6.69. The van der Waals surface area contributed by atoms with Crippen molar-refractivity contribution in [3.63, 3.8) is 0 Å². The van der Waals surface area contributed by atoms with E-state index in [9.17, 15) is 0 Å². The third-order valence-electron chi connectivity index (χ3n) is 3.36. The van der Waals surface area contributed by atoms with Gasteiger partial charge in [-0.1, -0.05) is 23.8 Å². The molecule has 19 heavy (non-hydrogen) atoms. The van der Waals surface area contributed by atoms with Crippen LogP contribution < -0.4 is 5.32 Å². The van der Waals surface area contributed by atoms with Crippen molar-refractivity contribution in [2.45, 2.75) is 34.6 Å². The second-order valence-corrected chi connectivity index (χ2v) is 4.95. The molecule has 0 aliphatic carbocycles. The van der Waals surface area contributed by atoms with E-state index >= 15 is 0 Å². The molecule has 0 radical (unpaired) electrons. The lowest BCUT2D eigenvalue weighted by Crippen LogP contribution is -2.06. The van der Waals surface area contributed by atoms with Crippen molar-refractivity contribution in [1.29, 1.82) is 0 Å². The van der Waals surface area contributed by atoms with Crippen LogP contribution in [-0.4, -0.2) is 16.5 Å². The van der Waals surface area contributed by atoms with Gasteiger partial charge in [0.1, 0.15) is 5.82 Å². The van der Waals surface area contributed by atoms with Crippen LogP contribution in [0.1, 0.15) is 29.3 Å². The Morgan fingerprint density at radius 2 is 1.79 bits per heavy atom. The van der Waals surface area contributed by atoms with Gasteiger partial charge in [-0.15, -0.1) is 0 Å². The maximum Gasteiger partial charge on any atom is 0.162 e. The summed E-state index contributed by atoms with van der Waals surface area (Å²) in [5.74, 6) is 1.74. The fourth-order valence-electron chi connectivity index (χ4n) is 2.15. The highest BCUT2D eigenvalue weighted by atomic mass is 15.0. The van der Waals surface area contributed by atoms with Crippen molar-refractivity contribution in [1.82, 2.24) is 9.97 Å². The number of nitrogens with zero attached hydrogens (tertiary/aromatic N) is 2. The Bertz CT molecular complexity index is 603. The Morgan fingerprint density at radius 3 is 2.42 bits per heavy atom. The smallest absolute Gasteiger partial charge is 0.162 e. The van der Waals surface area contributed by atoms with E-state index in [1.54, 1.807) is 0 Å². The molecule has 1 heterocycles. The number of benzene rings is 1. The van der Waals surface area contributed by atoms with Crippen LogP contribution in [-0.2, 0) is 0 Å². The average Bonchev–Trinajstić information content (AvgIpc) is 2.35. The fourth-order valence-corrected chi connectivity index (χ4v) is 2.15. The molecule has 100 valence electrons. The summed E-state index contributed by atoms with van der Waals surface area (Å²) in [6.07, 6.45) is 0. The normalized spacial score (nSPS) is 10.6. The van der Waals surface area contributed by atoms with E-state index < -0.39 is 0 Å². The average molecular weight is 255 g/mol. The minimum Gasteiger partial charge on any atom is -0.370 e. The van der Waals surface area contributed by atoms with Gasteiger partial charge in [0.2, 0.25) is 0 Å². The molecule has 0 aliphatic heterocycles. The molecule has 0 bridgehead atoms. The standard InChI is InChI=1S/C16H21N3/c1-6-17-15-12(4)13(5)18-16(19-15)14-8-7-10(2)9-11(14)3/h7-9H,6H2,1-5H3,(H,17,18,19). The summed E-state index contributed by atoms with van der Waals surface area (Å²) in [6.45, 7) is 11.2. The van der Waals surface area contributed by atoms with Crippen molar-refractivity contribution >= 4 is 5.82 Å². The first-order valence-corrected chi connectivity index (χ1v) is 6.69. The molecule has 1 aromatic carbocycles. The summed E-state index contributed by atoms with van der Waals surface area (Å²) in [7, 11) is 0. The third kappa shape index (κ3) is 2.75. The summed E-state index contributed by atoms with van der Waals surface area (Å²) >= 11 is 0. The van der Waals surface area contributed by atoms with Crippen molar-refractivity contribution in [3.8, 4) is 11.4 Å². The molecule has 1 N–H and O–H groups in total. The van der Waals surface area contributed by atoms with Gasteiger partial charge >= 0.3 is 0 Å². The summed E-state index contributed by atoms with van der Waals surface area (Å²) in [4.78, 5) is 9.29. The van der Waals surface area contributed by atoms with Crippen molar-refractivity contribution in [3.05, 3.63) is 40.6 Å². The summed E-state index contributed by atoms with van der Waals surface area (Å²) in [5, 5.41) is 3.31. The predicted molar refractivity (Wildman–Crippen MR) is 80.6 cm³/mol. The third-order valence-corrected chi connectivity index (χ3v) is 3.36. The van der Waals surface area contributed by atoms with E-state index in [1.807, 2.05) is 6.92 Å². The highest BCUT2D eigenvalue weighted by molar-refractivity contribution is 5.63. The molecule has 0 amide bonds. The predicted octanol–water partition coefficient (Wildman–Crippen LogP) is 3.81. The molecular formula is C16H21N3. The molecule has 0 saturated heterocycles. The Kier molecular flexibility index (Phi) is 3.84. The minimum absolute atomic E-state index is 0.802. The minimum atomic E-state index is 0.802. The molecule has 0 aliphatic rings. The number of rotatable bonds is 3. The highest BCUT2D eigenvalue weighted by Gasteiger charge is 2.10. The van der Waals surface area contributed by atoms with Gasteiger partial charge in [0.15, 0.2) is 5.82 Å². The van der Waals surface area contributed by atoms with Gasteiger partial charge in [0, 0.05) is 23.4 Å². The lowest BCUT2D eigenvalue weighted by molar-refractivity contribution is 1.04. The lowest BCUT2D eigenvalue weighted by Gasteiger charge is -2.12. The van der Waals surface area contributed by atoms with Crippen LogP contribution in [0.15, 0.2) is 18.2 Å². The largest absolute Gasteiger partial charge is 0.370 e. The van der Waals surface area contributed by atoms with Crippen molar-refractivity contribution in [2.24, 2.45) is 0 Å². The molecule has 3 heteroatoms. The topological polar surface area (TPSA) is 37.8 Å². The summed E-state index contributed by atoms with van der Waals surface area (Å²) in [6, 6.07) is 6.37. The van der Waals surface area contributed by atoms with Gasteiger partial charge in [-0.25, -0.2) is 9.97 Å². The molecule has 1 aromatic heterocycles. The number of nitrogens with one attached hydrogen (secondary N) is 1. The number of anilines is 1. The van der Waals surface area contributed by atoms with Gasteiger partial charge in [-0.05, 0) is 40.2 Å². The van der Waals surface area contributed by atoms with Crippen LogP contribution >= 0.6 is 0 Å². The Morgan fingerprint density at radius 1 is 1.05 bits per heavy atom. The van der Waals surface area contributed by atoms with Crippen molar-refractivity contribution < 1.29 is 0 Å². The molecule has 0 spiro atoms. The Labute approximate surface area is 115 Å². The van der Waals surface area contributed by atoms with Gasteiger partial charge in [0.25, 0.3) is 0 Å². The zero-order valence-electron chi connectivity index (χ0n) is 12.3. The number of hydrogen-bond acceptors (Lipinski definition) is 3. The number of aryl methyl sites for hydroxylation is 3. The second kappa shape index (κ2) is 5.39. The van der Waals surface area contributed by atoms with Gasteiger partial charge < -0.3 is 5.32 Å². The maximum atomic E-state index is 4.66. The van der Waals surface area contributed by atoms with E-state index in [2.05, 4.69) is 61.2 Å². The van der Waals surface area contributed by atoms with Crippen LogP contribution in [0.3, 0.4) is 0 Å². The monoisotopic (exact) mass is 255 g/mol. The quantitative estimate of drug-likeness (QED) is 0.906. The zero-order chi connectivity index (χ0) is 14.0. The lowest BCUT2D eigenvalue weighted by atomic mass is 10.0. The maximum absolute atomic E-state index is 4.66. The molecule has 2 aromatic rings. The summed E-state index contributed by atoms with van der Waals surface area (Å²) < 4.78 is 0. The SMILES string of the molecule is CCNc1nc(-c2ccc(C)cc2C)nc(C)c1C. The van der Waals surface area contributed by atoms with E-state index in [1.165, 1.54) is 11.1 Å². The number of hydrogen-bond donors (Lipinski definition) is 1. The summed E-state index contributed by atoms with van der Waals surface area (Å²) in [5.41, 5.74) is 5.73. The van der Waals surface area contributed by atoms with Crippen LogP contribution in [0.4, 0.5) is 5.82 Å². The van der Waals surface area contributed by atoms with Crippen LogP contribution in [0.5, 0.6) is 0 Å². The Balaban J connectivity index is 2.56. The fraction of sp³-hybridized carbons (Fsp3) is 0.375. The molecular weight excluding hydrogens is 234 g/mol. The van der Waals surface area contributed by atoms with Gasteiger partial charge in [-0.3, -0.25) is 0 Å². The first-order chi connectivity index (χ1) is 9.02. The second-order valence-electron chi connectivity index (χ2n) is 4.95. The van der Waals surface area contributed by atoms with E-state index in [4.69, 9.17) is 0 Å². The van der Waals surface area contributed by atoms with Crippen LogP contribution in [0.25, 0.3) is 11.4 Å². The van der Waals surface area contributed by atoms with Crippen molar-refractivity contribution in [2.75, 3.05) is 11.9 Å². The molecule has 0 atom stereocenters. The van der Waals surface area contributed by atoms with Gasteiger partial charge in [0.05, 0.1) is 0 Å². The van der Waals surface area contributed by atoms with Crippen LogP contribution in [0, 0.1) is 27.7 Å².